The van der Waals surface area contributed by atoms with Crippen molar-refractivity contribution in [2.24, 2.45) is 5.92 Å². The SMILES string of the molecule is CC(C)C(=O)C=CCN(C)C. The fraction of sp³-hybridized carbons (Fsp3) is 0.667. The van der Waals surface area contributed by atoms with E-state index in [4.69, 9.17) is 0 Å². The Kier molecular flexibility index (Phi) is 4.79. The first kappa shape index (κ1) is 10.4. The quantitative estimate of drug-likeness (QED) is 0.571. The lowest BCUT2D eigenvalue weighted by Crippen LogP contribution is -2.11. The highest BCUT2D eigenvalue weighted by Crippen LogP contribution is 1.94. The molecule has 2 nitrogen and oxygen atoms in total. The molecule has 0 aliphatic heterocycles. The van der Waals surface area contributed by atoms with Crippen molar-refractivity contribution in [3.8, 4) is 0 Å². The summed E-state index contributed by atoms with van der Waals surface area (Å²) in [5.41, 5.74) is 0. The summed E-state index contributed by atoms with van der Waals surface area (Å²) >= 11 is 0. The number of carbonyl (C=O) groups excluding carboxylic acids is 1. The summed E-state index contributed by atoms with van der Waals surface area (Å²) in [7, 11) is 3.95. The summed E-state index contributed by atoms with van der Waals surface area (Å²) in [6, 6.07) is 0. The van der Waals surface area contributed by atoms with Gasteiger partial charge in [0.2, 0.25) is 0 Å². The number of carbonyl (C=O) groups is 1. The van der Waals surface area contributed by atoms with Crippen LogP contribution in [0.4, 0.5) is 0 Å². The molecule has 0 N–H and O–H groups in total. The van der Waals surface area contributed by atoms with Gasteiger partial charge in [-0.05, 0) is 20.2 Å². The van der Waals surface area contributed by atoms with Crippen LogP contribution < -0.4 is 0 Å². The molecule has 64 valence electrons. The lowest BCUT2D eigenvalue weighted by atomic mass is 10.1. The van der Waals surface area contributed by atoms with E-state index in [1.165, 1.54) is 0 Å². The first-order chi connectivity index (χ1) is 5.04. The fourth-order valence-corrected chi connectivity index (χ4v) is 0.572. The average molecular weight is 155 g/mol. The molecular formula is C9H17NO. The molecule has 0 atom stereocenters. The Labute approximate surface area is 68.9 Å². The first-order valence-electron chi connectivity index (χ1n) is 3.89. The van der Waals surface area contributed by atoms with Gasteiger partial charge in [-0.25, -0.2) is 0 Å². The molecule has 0 saturated carbocycles. The van der Waals surface area contributed by atoms with E-state index in [2.05, 4.69) is 0 Å². The van der Waals surface area contributed by atoms with Crippen LogP contribution in [-0.4, -0.2) is 31.3 Å². The van der Waals surface area contributed by atoms with Gasteiger partial charge in [0.25, 0.3) is 0 Å². The molecule has 0 bridgehead atoms. The zero-order valence-electron chi connectivity index (χ0n) is 7.79. The van der Waals surface area contributed by atoms with Crippen LogP contribution in [-0.2, 0) is 4.79 Å². The van der Waals surface area contributed by atoms with E-state index in [1.54, 1.807) is 6.08 Å². The Morgan fingerprint density at radius 1 is 1.45 bits per heavy atom. The number of nitrogens with zero attached hydrogens (tertiary/aromatic N) is 1. The molecule has 0 aliphatic carbocycles. The molecule has 2 heteroatoms. The summed E-state index contributed by atoms with van der Waals surface area (Å²) in [6.45, 7) is 4.64. The van der Waals surface area contributed by atoms with Crippen LogP contribution in [0, 0.1) is 5.92 Å². The third-order valence-corrected chi connectivity index (χ3v) is 1.32. The molecule has 11 heavy (non-hydrogen) atoms. The van der Waals surface area contributed by atoms with Crippen LogP contribution >= 0.6 is 0 Å². The summed E-state index contributed by atoms with van der Waals surface area (Å²) in [5, 5.41) is 0. The minimum Gasteiger partial charge on any atom is -0.306 e. The van der Waals surface area contributed by atoms with Crippen LogP contribution in [0.1, 0.15) is 13.8 Å². The Balaban J connectivity index is 3.66. The second kappa shape index (κ2) is 5.08. The van der Waals surface area contributed by atoms with E-state index in [0.29, 0.717) is 0 Å². The maximum atomic E-state index is 11.0. The smallest absolute Gasteiger partial charge is 0.157 e. The number of allylic oxidation sites excluding steroid dienone is 1. The van der Waals surface area contributed by atoms with E-state index in [0.717, 1.165) is 6.54 Å². The van der Waals surface area contributed by atoms with Crippen LogP contribution in [0.25, 0.3) is 0 Å². The Morgan fingerprint density at radius 3 is 2.36 bits per heavy atom. The highest BCUT2D eigenvalue weighted by molar-refractivity contribution is 5.91. The molecule has 0 saturated heterocycles. The van der Waals surface area contributed by atoms with Gasteiger partial charge < -0.3 is 4.90 Å². The maximum Gasteiger partial charge on any atom is 0.157 e. The minimum absolute atomic E-state index is 0.119. The molecule has 0 radical (unpaired) electrons. The van der Waals surface area contributed by atoms with Crippen molar-refractivity contribution in [1.29, 1.82) is 0 Å². The van der Waals surface area contributed by atoms with Gasteiger partial charge in [0.1, 0.15) is 0 Å². The van der Waals surface area contributed by atoms with Crippen molar-refractivity contribution >= 4 is 5.78 Å². The normalized spacial score (nSPS) is 11.8. The van der Waals surface area contributed by atoms with Gasteiger partial charge in [-0.1, -0.05) is 19.9 Å². The Hall–Kier alpha value is -0.630. The van der Waals surface area contributed by atoms with Gasteiger partial charge in [0.15, 0.2) is 5.78 Å². The van der Waals surface area contributed by atoms with E-state index in [-0.39, 0.29) is 11.7 Å². The number of hydrogen-bond acceptors (Lipinski definition) is 2. The number of rotatable bonds is 4. The van der Waals surface area contributed by atoms with Crippen LogP contribution in [0.3, 0.4) is 0 Å². The fourth-order valence-electron chi connectivity index (χ4n) is 0.572. The van der Waals surface area contributed by atoms with Crippen molar-refractivity contribution in [2.45, 2.75) is 13.8 Å². The molecule has 0 amide bonds. The summed E-state index contributed by atoms with van der Waals surface area (Å²) < 4.78 is 0. The van der Waals surface area contributed by atoms with E-state index in [9.17, 15) is 4.79 Å². The van der Waals surface area contributed by atoms with Gasteiger partial charge in [-0.3, -0.25) is 4.79 Å². The molecule has 0 spiro atoms. The second-order valence-corrected chi connectivity index (χ2v) is 3.22. The first-order valence-corrected chi connectivity index (χ1v) is 3.89. The number of hydrogen-bond donors (Lipinski definition) is 0. The maximum absolute atomic E-state index is 11.0. The van der Waals surface area contributed by atoms with Gasteiger partial charge in [0, 0.05) is 12.5 Å². The van der Waals surface area contributed by atoms with Crippen molar-refractivity contribution in [2.75, 3.05) is 20.6 Å². The van der Waals surface area contributed by atoms with Gasteiger partial charge in [0.05, 0.1) is 0 Å². The third kappa shape index (κ3) is 5.80. The predicted molar refractivity (Wildman–Crippen MR) is 47.5 cm³/mol. The molecular weight excluding hydrogens is 138 g/mol. The van der Waals surface area contributed by atoms with Crippen molar-refractivity contribution in [3.05, 3.63) is 12.2 Å². The van der Waals surface area contributed by atoms with Gasteiger partial charge in [-0.2, -0.15) is 0 Å². The highest BCUT2D eigenvalue weighted by Gasteiger charge is 2.00. The number of likely N-dealkylation sites (N-methyl/N-ethyl adjacent to an activating group) is 1. The van der Waals surface area contributed by atoms with Crippen LogP contribution in [0.5, 0.6) is 0 Å². The van der Waals surface area contributed by atoms with Crippen molar-refractivity contribution in [3.63, 3.8) is 0 Å². The molecule has 0 aromatic rings. The highest BCUT2D eigenvalue weighted by atomic mass is 16.1. The van der Waals surface area contributed by atoms with Gasteiger partial charge >= 0.3 is 0 Å². The molecule has 0 unspecified atom stereocenters. The topological polar surface area (TPSA) is 20.3 Å². The number of ketones is 1. The van der Waals surface area contributed by atoms with Crippen molar-refractivity contribution < 1.29 is 4.79 Å². The van der Waals surface area contributed by atoms with E-state index < -0.39 is 0 Å². The molecule has 0 heterocycles. The molecule has 0 aromatic carbocycles. The zero-order chi connectivity index (χ0) is 8.85. The second-order valence-electron chi connectivity index (χ2n) is 3.22. The van der Waals surface area contributed by atoms with Crippen LogP contribution in [0.2, 0.25) is 0 Å². The Bertz CT molecular complexity index is 148. The summed E-state index contributed by atoms with van der Waals surface area (Å²) in [5.74, 6) is 0.320. The van der Waals surface area contributed by atoms with E-state index in [1.807, 2.05) is 38.9 Å². The third-order valence-electron chi connectivity index (χ3n) is 1.32. The standard InChI is InChI=1S/C9H17NO/c1-8(2)9(11)6-5-7-10(3)4/h5-6,8H,7H2,1-4H3. The minimum atomic E-state index is 0.119. The van der Waals surface area contributed by atoms with Gasteiger partial charge in [-0.15, -0.1) is 0 Å². The summed E-state index contributed by atoms with van der Waals surface area (Å²) in [4.78, 5) is 13.0. The lowest BCUT2D eigenvalue weighted by Gasteiger charge is -2.03. The molecule has 0 aliphatic rings. The lowest BCUT2D eigenvalue weighted by molar-refractivity contribution is -0.117. The van der Waals surface area contributed by atoms with E-state index >= 15 is 0 Å². The Morgan fingerprint density at radius 2 is 2.00 bits per heavy atom. The van der Waals surface area contributed by atoms with Crippen LogP contribution in [0.15, 0.2) is 12.2 Å². The largest absolute Gasteiger partial charge is 0.306 e. The monoisotopic (exact) mass is 155 g/mol. The average Bonchev–Trinajstić information content (AvgIpc) is 1.86. The zero-order valence-corrected chi connectivity index (χ0v) is 7.79. The molecule has 0 rings (SSSR count). The van der Waals surface area contributed by atoms with Crippen molar-refractivity contribution in [1.82, 2.24) is 4.90 Å². The molecule has 0 fully saturated rings. The summed E-state index contributed by atoms with van der Waals surface area (Å²) in [6.07, 6.45) is 3.55. The predicted octanol–water partition coefficient (Wildman–Crippen LogP) is 1.33. The molecule has 0 aromatic heterocycles.